The summed E-state index contributed by atoms with van der Waals surface area (Å²) in [6, 6.07) is 12.7. The summed E-state index contributed by atoms with van der Waals surface area (Å²) in [6.45, 7) is 12.4. The Morgan fingerprint density at radius 3 is 2.20 bits per heavy atom. The van der Waals surface area contributed by atoms with Crippen LogP contribution in [0.5, 0.6) is 0 Å². The van der Waals surface area contributed by atoms with Crippen molar-refractivity contribution in [3.63, 3.8) is 0 Å². The van der Waals surface area contributed by atoms with E-state index in [2.05, 4.69) is 26.6 Å². The number of carbonyl (C=O) groups is 5. The van der Waals surface area contributed by atoms with E-state index < -0.39 is 29.7 Å². The molecule has 51 heavy (non-hydrogen) atoms. The normalized spacial score (nSPS) is 14.7. The van der Waals surface area contributed by atoms with Crippen molar-refractivity contribution < 1.29 is 28.4 Å². The number of halogens is 2. The molecule has 0 spiro atoms. The molecule has 3 aromatic carbocycles. The van der Waals surface area contributed by atoms with Gasteiger partial charge in [0.05, 0.1) is 22.3 Å². The maximum Gasteiger partial charge on any atom is 0.255 e. The third-order valence-corrected chi connectivity index (χ3v) is 9.19. The third-order valence-electron chi connectivity index (χ3n) is 8.86. The molecule has 11 nitrogen and oxygen atoms in total. The molecule has 5 amide bonds. The van der Waals surface area contributed by atoms with Crippen molar-refractivity contribution in [2.24, 2.45) is 11.8 Å². The van der Waals surface area contributed by atoms with Crippen LogP contribution in [0, 0.1) is 31.5 Å². The lowest BCUT2D eigenvalue weighted by atomic mass is 9.94. The Labute approximate surface area is 303 Å². The number of anilines is 3. The van der Waals surface area contributed by atoms with Gasteiger partial charge in [-0.25, -0.2) is 4.39 Å². The molecule has 1 heterocycles. The van der Waals surface area contributed by atoms with Crippen LogP contribution in [0.4, 0.5) is 21.5 Å². The van der Waals surface area contributed by atoms with Gasteiger partial charge in [-0.3, -0.25) is 28.9 Å². The Balaban J connectivity index is 1.26. The Morgan fingerprint density at radius 1 is 0.824 bits per heavy atom. The van der Waals surface area contributed by atoms with Crippen molar-refractivity contribution in [3.8, 4) is 0 Å². The number of hydrogen-bond acceptors (Lipinski definition) is 6. The van der Waals surface area contributed by atoms with Gasteiger partial charge in [0, 0.05) is 29.4 Å². The van der Waals surface area contributed by atoms with E-state index in [1.165, 1.54) is 18.2 Å². The highest BCUT2D eigenvalue weighted by atomic mass is 35.5. The topological polar surface area (TPSA) is 149 Å². The van der Waals surface area contributed by atoms with Gasteiger partial charge in [-0.05, 0) is 113 Å². The third kappa shape index (κ3) is 10.6. The standard InChI is InChI=1S/C38H46ClFN6O5/c1-21(2)20-41-38(51)29-19-28(10-11-30(29)39)43-35(48)25(6)46-15-13-26(14-16-46)36(49)42-24(5)34(47)45-33-18-27(9-8-23(33)4)37(50)44-32-12-7-22(3)17-31(32)40/h7-12,17-19,21,24-26H,13-16,20H2,1-6H3,(H,41,51)(H,42,49)(H,43,48)(H,44,50)(H,45,47). The first-order chi connectivity index (χ1) is 24.1. The van der Waals surface area contributed by atoms with Crippen LogP contribution >= 0.6 is 11.6 Å². The molecule has 0 aliphatic carbocycles. The van der Waals surface area contributed by atoms with Crippen molar-refractivity contribution in [3.05, 3.63) is 87.7 Å². The highest BCUT2D eigenvalue weighted by Crippen LogP contribution is 2.24. The van der Waals surface area contributed by atoms with Gasteiger partial charge in [0.15, 0.2) is 0 Å². The van der Waals surface area contributed by atoms with Gasteiger partial charge in [-0.15, -0.1) is 0 Å². The number of benzene rings is 3. The van der Waals surface area contributed by atoms with Gasteiger partial charge in [-0.1, -0.05) is 37.6 Å². The number of likely N-dealkylation sites (tertiary alicyclic amines) is 1. The summed E-state index contributed by atoms with van der Waals surface area (Å²) in [4.78, 5) is 66.7. The zero-order valence-corrected chi connectivity index (χ0v) is 30.5. The predicted octanol–water partition coefficient (Wildman–Crippen LogP) is 5.92. The SMILES string of the molecule is Cc1ccc(NC(=O)c2ccc(C)c(NC(=O)C(C)NC(=O)C3CCN(C(C)C(=O)Nc4ccc(Cl)c(C(=O)NCC(C)C)c4)CC3)c2)c(F)c1. The molecule has 4 rings (SSSR count). The minimum Gasteiger partial charge on any atom is -0.352 e. The lowest BCUT2D eigenvalue weighted by molar-refractivity contribution is -0.130. The number of hydrogen-bond donors (Lipinski definition) is 5. The zero-order chi connectivity index (χ0) is 37.4. The number of nitrogens with one attached hydrogen (secondary N) is 5. The maximum absolute atomic E-state index is 14.3. The zero-order valence-electron chi connectivity index (χ0n) is 29.8. The monoisotopic (exact) mass is 720 g/mol. The van der Waals surface area contributed by atoms with Gasteiger partial charge >= 0.3 is 0 Å². The first-order valence-corrected chi connectivity index (χ1v) is 17.4. The summed E-state index contributed by atoms with van der Waals surface area (Å²) in [5.74, 6) is -2.44. The van der Waals surface area contributed by atoms with E-state index in [9.17, 15) is 28.4 Å². The number of amides is 5. The molecule has 0 radical (unpaired) electrons. The van der Waals surface area contributed by atoms with Crippen LogP contribution in [0.2, 0.25) is 5.02 Å². The second-order valence-electron chi connectivity index (χ2n) is 13.5. The van der Waals surface area contributed by atoms with E-state index in [0.717, 1.165) is 5.56 Å². The molecule has 2 unspecified atom stereocenters. The average molecular weight is 721 g/mol. The highest BCUT2D eigenvalue weighted by molar-refractivity contribution is 6.34. The van der Waals surface area contributed by atoms with Crippen molar-refractivity contribution in [1.29, 1.82) is 0 Å². The van der Waals surface area contributed by atoms with Gasteiger partial charge in [0.2, 0.25) is 17.7 Å². The van der Waals surface area contributed by atoms with E-state index in [0.29, 0.717) is 49.4 Å². The smallest absolute Gasteiger partial charge is 0.255 e. The van der Waals surface area contributed by atoms with E-state index in [-0.39, 0.29) is 51.4 Å². The fourth-order valence-electron chi connectivity index (χ4n) is 5.58. The lowest BCUT2D eigenvalue weighted by Gasteiger charge is -2.35. The molecule has 1 aliphatic rings. The first-order valence-electron chi connectivity index (χ1n) is 17.0. The molecule has 13 heteroatoms. The van der Waals surface area contributed by atoms with Crippen LogP contribution in [-0.4, -0.2) is 66.2 Å². The van der Waals surface area contributed by atoms with Crippen LogP contribution in [0.3, 0.4) is 0 Å². The minimum absolute atomic E-state index is 0.0487. The molecule has 1 aliphatic heterocycles. The molecular weight excluding hydrogens is 675 g/mol. The van der Waals surface area contributed by atoms with Crippen LogP contribution in [0.1, 0.15) is 72.4 Å². The molecule has 5 N–H and O–H groups in total. The van der Waals surface area contributed by atoms with E-state index in [4.69, 9.17) is 11.6 Å². The summed E-state index contributed by atoms with van der Waals surface area (Å²) >= 11 is 6.24. The average Bonchev–Trinajstić information content (AvgIpc) is 3.09. The molecule has 0 aromatic heterocycles. The minimum atomic E-state index is -0.865. The quantitative estimate of drug-likeness (QED) is 0.157. The molecule has 3 aromatic rings. The van der Waals surface area contributed by atoms with Crippen LogP contribution < -0.4 is 26.6 Å². The van der Waals surface area contributed by atoms with Crippen molar-refractivity contribution in [2.45, 2.75) is 66.5 Å². The van der Waals surface area contributed by atoms with Gasteiger partial charge in [0.1, 0.15) is 11.9 Å². The van der Waals surface area contributed by atoms with Gasteiger partial charge < -0.3 is 26.6 Å². The highest BCUT2D eigenvalue weighted by Gasteiger charge is 2.31. The second kappa shape index (κ2) is 17.4. The van der Waals surface area contributed by atoms with Crippen molar-refractivity contribution >= 4 is 58.2 Å². The van der Waals surface area contributed by atoms with Gasteiger partial charge in [0.25, 0.3) is 11.8 Å². The molecule has 1 fully saturated rings. The Morgan fingerprint density at radius 2 is 1.53 bits per heavy atom. The number of rotatable bonds is 12. The van der Waals surface area contributed by atoms with Crippen LogP contribution in [-0.2, 0) is 14.4 Å². The summed E-state index contributed by atoms with van der Waals surface area (Å²) in [5.41, 5.74) is 2.83. The predicted molar refractivity (Wildman–Crippen MR) is 198 cm³/mol. The number of piperidine rings is 1. The van der Waals surface area contributed by atoms with Crippen LogP contribution in [0.15, 0.2) is 54.6 Å². The summed E-state index contributed by atoms with van der Waals surface area (Å²) in [5, 5.41) is 14.1. The molecule has 2 atom stereocenters. The summed E-state index contributed by atoms with van der Waals surface area (Å²) in [7, 11) is 0. The fraction of sp³-hybridized carbons (Fsp3) is 0.395. The lowest BCUT2D eigenvalue weighted by Crippen LogP contribution is -2.50. The fourth-order valence-corrected chi connectivity index (χ4v) is 5.79. The second-order valence-corrected chi connectivity index (χ2v) is 13.9. The summed E-state index contributed by atoms with van der Waals surface area (Å²) in [6.07, 6.45) is 0.994. The molecule has 272 valence electrons. The number of nitrogens with zero attached hydrogens (tertiary/aromatic N) is 1. The first kappa shape index (κ1) is 39.0. The number of aryl methyl sites for hydroxylation is 2. The molecule has 1 saturated heterocycles. The Hall–Kier alpha value is -4.81. The van der Waals surface area contributed by atoms with E-state index >= 15 is 0 Å². The molecular formula is C38H46ClFN6O5. The Bertz CT molecular complexity index is 1790. The largest absolute Gasteiger partial charge is 0.352 e. The Kier molecular flexibility index (Phi) is 13.3. The maximum atomic E-state index is 14.3. The molecule has 0 saturated carbocycles. The van der Waals surface area contributed by atoms with E-state index in [1.54, 1.807) is 64.1 Å². The van der Waals surface area contributed by atoms with Crippen molar-refractivity contribution in [2.75, 3.05) is 35.6 Å². The van der Waals surface area contributed by atoms with Gasteiger partial charge in [-0.2, -0.15) is 0 Å². The van der Waals surface area contributed by atoms with Crippen molar-refractivity contribution in [1.82, 2.24) is 15.5 Å². The number of carbonyl (C=O) groups excluding carboxylic acids is 5. The van der Waals surface area contributed by atoms with Crippen LogP contribution in [0.25, 0.3) is 0 Å². The van der Waals surface area contributed by atoms with E-state index in [1.807, 2.05) is 18.7 Å². The summed E-state index contributed by atoms with van der Waals surface area (Å²) < 4.78 is 14.3. The molecule has 0 bridgehead atoms.